The Hall–Kier alpha value is -1.08. The second-order valence-electron chi connectivity index (χ2n) is 9.32. The van der Waals surface area contributed by atoms with E-state index in [1.807, 2.05) is 0 Å². The quantitative estimate of drug-likeness (QED) is 0.606. The number of sulfonamides is 1. The van der Waals surface area contributed by atoms with Crippen LogP contribution in [-0.4, -0.2) is 65.1 Å². The molecule has 182 valence electrons. The molecule has 0 aromatic rings. The lowest BCUT2D eigenvalue weighted by Gasteiger charge is -2.42. The van der Waals surface area contributed by atoms with Crippen molar-refractivity contribution in [3.63, 3.8) is 0 Å². The van der Waals surface area contributed by atoms with E-state index < -0.39 is 82.4 Å². The van der Waals surface area contributed by atoms with E-state index in [9.17, 15) is 44.7 Å². The number of rotatable bonds is 3. The van der Waals surface area contributed by atoms with Gasteiger partial charge in [0, 0.05) is 18.5 Å². The molecule has 13 heteroatoms. The molecule has 1 aliphatic heterocycles. The monoisotopic (exact) mass is 482 g/mol. The number of hydrogen-bond donors (Lipinski definition) is 2. The SMILES string of the molecule is CC(C)(C)S(=O)(=O)N1CCC(C(=O)NC2CCC(O)(C(F)(F)F)CC2)C[C@H]1C(F)(F)F. The third-order valence-corrected chi connectivity index (χ3v) is 8.67. The van der Waals surface area contributed by atoms with Gasteiger partial charge in [0.15, 0.2) is 5.60 Å². The Morgan fingerprint density at radius 1 is 1.03 bits per heavy atom. The van der Waals surface area contributed by atoms with E-state index in [0.29, 0.717) is 4.31 Å². The predicted molar refractivity (Wildman–Crippen MR) is 99.3 cm³/mol. The zero-order valence-electron chi connectivity index (χ0n) is 17.5. The van der Waals surface area contributed by atoms with Gasteiger partial charge in [-0.05, 0) is 59.3 Å². The number of alkyl halides is 6. The molecule has 0 spiro atoms. The molecule has 1 aliphatic carbocycles. The Balaban J connectivity index is 2.07. The standard InChI is InChI=1S/C18H28F6N2O4S/c1-15(2,3)31(29,30)26-9-6-11(10-13(26)17(19,20)21)14(27)25-12-4-7-16(28,8-5-12)18(22,23)24/h11-13,28H,4-10H2,1-3H3,(H,25,27)/t11?,12?,13-,16?/m0/s1. The van der Waals surface area contributed by atoms with Gasteiger partial charge in [-0.3, -0.25) is 4.79 Å². The number of nitrogens with zero attached hydrogens (tertiary/aromatic N) is 1. The molecular formula is C18H28F6N2O4S. The van der Waals surface area contributed by atoms with Crippen LogP contribution in [0.2, 0.25) is 0 Å². The third kappa shape index (κ3) is 5.47. The molecule has 0 aromatic carbocycles. The highest BCUT2D eigenvalue weighted by Crippen LogP contribution is 2.42. The fraction of sp³-hybridized carbons (Fsp3) is 0.944. The van der Waals surface area contributed by atoms with E-state index in [1.165, 1.54) is 20.8 Å². The largest absolute Gasteiger partial charge is 0.417 e. The number of nitrogens with one attached hydrogen (secondary N) is 1. The van der Waals surface area contributed by atoms with E-state index in [2.05, 4.69) is 5.32 Å². The summed E-state index contributed by atoms with van der Waals surface area (Å²) in [5.41, 5.74) is -2.83. The number of aliphatic hydroxyl groups is 1. The molecule has 1 saturated carbocycles. The molecule has 0 aromatic heterocycles. The van der Waals surface area contributed by atoms with Gasteiger partial charge in [-0.15, -0.1) is 0 Å². The van der Waals surface area contributed by atoms with Gasteiger partial charge >= 0.3 is 12.4 Å². The average molecular weight is 482 g/mol. The number of halogens is 6. The minimum atomic E-state index is -4.88. The van der Waals surface area contributed by atoms with Crippen LogP contribution in [0.15, 0.2) is 0 Å². The summed E-state index contributed by atoms with van der Waals surface area (Å²) < 4.78 is 104. The zero-order chi connectivity index (χ0) is 24.0. The van der Waals surface area contributed by atoms with Crippen LogP contribution in [0.5, 0.6) is 0 Å². The fourth-order valence-electron chi connectivity index (χ4n) is 3.96. The van der Waals surface area contributed by atoms with E-state index in [-0.39, 0.29) is 19.3 Å². The molecular weight excluding hydrogens is 454 g/mol. The lowest BCUT2D eigenvalue weighted by atomic mass is 9.81. The van der Waals surface area contributed by atoms with Crippen molar-refractivity contribution in [3.8, 4) is 0 Å². The highest BCUT2D eigenvalue weighted by atomic mass is 32.2. The van der Waals surface area contributed by atoms with Crippen molar-refractivity contribution in [2.75, 3.05) is 6.54 Å². The van der Waals surface area contributed by atoms with Crippen LogP contribution in [-0.2, 0) is 14.8 Å². The minimum Gasteiger partial charge on any atom is -0.380 e. The molecule has 1 saturated heterocycles. The summed E-state index contributed by atoms with van der Waals surface area (Å²) in [5.74, 6) is -1.87. The number of carbonyl (C=O) groups is 1. The summed E-state index contributed by atoms with van der Waals surface area (Å²) in [7, 11) is -4.29. The van der Waals surface area contributed by atoms with E-state index in [4.69, 9.17) is 0 Å². The van der Waals surface area contributed by atoms with Gasteiger partial charge in [0.2, 0.25) is 15.9 Å². The first-order valence-electron chi connectivity index (χ1n) is 9.97. The van der Waals surface area contributed by atoms with Crippen molar-refractivity contribution in [1.29, 1.82) is 0 Å². The average Bonchev–Trinajstić information content (AvgIpc) is 2.60. The molecule has 1 heterocycles. The van der Waals surface area contributed by atoms with Gasteiger partial charge in [-0.25, -0.2) is 8.42 Å². The van der Waals surface area contributed by atoms with Crippen molar-refractivity contribution >= 4 is 15.9 Å². The van der Waals surface area contributed by atoms with Crippen LogP contribution >= 0.6 is 0 Å². The maximum atomic E-state index is 13.6. The van der Waals surface area contributed by atoms with Gasteiger partial charge in [0.25, 0.3) is 0 Å². The predicted octanol–water partition coefficient (Wildman–Crippen LogP) is 3.11. The van der Waals surface area contributed by atoms with Gasteiger partial charge < -0.3 is 10.4 Å². The van der Waals surface area contributed by atoms with Crippen LogP contribution in [0.25, 0.3) is 0 Å². The number of piperidine rings is 1. The Kier molecular flexibility index (Phi) is 7.06. The van der Waals surface area contributed by atoms with Gasteiger partial charge in [-0.1, -0.05) is 0 Å². The number of carbonyl (C=O) groups excluding carboxylic acids is 1. The summed E-state index contributed by atoms with van der Waals surface area (Å²) in [6.07, 6.45) is -12.1. The molecule has 1 unspecified atom stereocenters. The molecule has 2 aliphatic rings. The van der Waals surface area contributed by atoms with Gasteiger partial charge in [0.05, 0.1) is 4.75 Å². The highest BCUT2D eigenvalue weighted by molar-refractivity contribution is 7.90. The molecule has 0 radical (unpaired) electrons. The van der Waals surface area contributed by atoms with Crippen molar-refractivity contribution < 1.29 is 44.7 Å². The second kappa shape index (κ2) is 8.36. The normalized spacial score (nSPS) is 32.0. The van der Waals surface area contributed by atoms with Crippen LogP contribution < -0.4 is 5.32 Å². The van der Waals surface area contributed by atoms with E-state index in [1.54, 1.807) is 0 Å². The Morgan fingerprint density at radius 3 is 1.97 bits per heavy atom. The van der Waals surface area contributed by atoms with Crippen LogP contribution in [0.4, 0.5) is 26.3 Å². The molecule has 1 amide bonds. The number of amides is 1. The zero-order valence-corrected chi connectivity index (χ0v) is 18.3. The minimum absolute atomic E-state index is 0.132. The highest BCUT2D eigenvalue weighted by Gasteiger charge is 2.56. The molecule has 2 atom stereocenters. The summed E-state index contributed by atoms with van der Waals surface area (Å²) in [4.78, 5) is 12.5. The summed E-state index contributed by atoms with van der Waals surface area (Å²) in [5, 5.41) is 12.2. The van der Waals surface area contributed by atoms with Gasteiger partial charge in [-0.2, -0.15) is 30.6 Å². The summed E-state index contributed by atoms with van der Waals surface area (Å²) in [6, 6.07) is -3.06. The first-order valence-corrected chi connectivity index (χ1v) is 11.4. The summed E-state index contributed by atoms with van der Waals surface area (Å²) in [6.45, 7) is 3.39. The molecule has 6 nitrogen and oxygen atoms in total. The van der Waals surface area contributed by atoms with Crippen LogP contribution in [0, 0.1) is 5.92 Å². The van der Waals surface area contributed by atoms with Crippen LogP contribution in [0.1, 0.15) is 59.3 Å². The lowest BCUT2D eigenvalue weighted by molar-refractivity contribution is -0.270. The van der Waals surface area contributed by atoms with Crippen LogP contribution in [0.3, 0.4) is 0 Å². The third-order valence-electron chi connectivity index (χ3n) is 6.07. The molecule has 31 heavy (non-hydrogen) atoms. The molecule has 0 bridgehead atoms. The second-order valence-corrected chi connectivity index (χ2v) is 12.0. The van der Waals surface area contributed by atoms with Crippen molar-refractivity contribution in [1.82, 2.24) is 9.62 Å². The lowest BCUT2D eigenvalue weighted by Crippen LogP contribution is -2.58. The Labute approximate surface area is 177 Å². The maximum absolute atomic E-state index is 13.6. The van der Waals surface area contributed by atoms with Gasteiger partial charge in [0.1, 0.15) is 6.04 Å². The van der Waals surface area contributed by atoms with E-state index in [0.717, 1.165) is 0 Å². The fourth-order valence-corrected chi connectivity index (χ4v) is 5.55. The Bertz CT molecular complexity index is 767. The number of hydrogen-bond acceptors (Lipinski definition) is 4. The Morgan fingerprint density at radius 2 is 1.55 bits per heavy atom. The van der Waals surface area contributed by atoms with Crippen molar-refractivity contribution in [3.05, 3.63) is 0 Å². The molecule has 2 rings (SSSR count). The summed E-state index contributed by atoms with van der Waals surface area (Å²) >= 11 is 0. The molecule has 2 fully saturated rings. The van der Waals surface area contributed by atoms with Crippen molar-refractivity contribution in [2.45, 2.75) is 94.1 Å². The topological polar surface area (TPSA) is 86.7 Å². The first-order chi connectivity index (χ1) is 13.8. The molecule has 2 N–H and O–H groups in total. The first kappa shape index (κ1) is 26.2. The maximum Gasteiger partial charge on any atom is 0.417 e. The van der Waals surface area contributed by atoms with Crippen molar-refractivity contribution in [2.24, 2.45) is 5.92 Å². The smallest absolute Gasteiger partial charge is 0.380 e. The van der Waals surface area contributed by atoms with E-state index >= 15 is 0 Å².